The molecule has 0 unspecified atom stereocenters. The van der Waals surface area contributed by atoms with Crippen LogP contribution in [0, 0.1) is 22.0 Å². The molecule has 0 spiro atoms. The van der Waals surface area contributed by atoms with Crippen molar-refractivity contribution in [2.24, 2.45) is 11.8 Å². The molecule has 1 aliphatic rings. The lowest BCUT2D eigenvalue weighted by Crippen LogP contribution is -2.30. The molecule has 0 bridgehead atoms. The van der Waals surface area contributed by atoms with Crippen LogP contribution in [0.25, 0.3) is 6.08 Å². The number of benzene rings is 1. The molecule has 21 heavy (non-hydrogen) atoms. The summed E-state index contributed by atoms with van der Waals surface area (Å²) in [5, 5.41) is 11.5. The number of nitrogens with zero attached hydrogens (tertiary/aromatic N) is 1. The highest BCUT2D eigenvalue weighted by atomic mass is 35.5. The van der Waals surface area contributed by atoms with Crippen LogP contribution in [0.5, 0.6) is 0 Å². The summed E-state index contributed by atoms with van der Waals surface area (Å²) in [6.07, 6.45) is 6.82. The monoisotopic (exact) mass is 307 g/mol. The van der Waals surface area contributed by atoms with Crippen LogP contribution in [-0.2, 0) is 4.79 Å². The minimum Gasteiger partial charge on any atom is -0.299 e. The van der Waals surface area contributed by atoms with Gasteiger partial charge in [0.1, 0.15) is 5.78 Å². The highest BCUT2D eigenvalue weighted by molar-refractivity contribution is 6.30. The van der Waals surface area contributed by atoms with Gasteiger partial charge in [0.25, 0.3) is 0 Å². The lowest BCUT2D eigenvalue weighted by molar-refractivity contribution is -0.487. The SMILES string of the molecule is O=C1CCCC[C@H]1[C@H](/C=C/c1ccc(Cl)cc1)C[N+](=O)[O-]. The van der Waals surface area contributed by atoms with E-state index in [4.69, 9.17) is 11.6 Å². The molecular formula is C16H18ClNO3. The van der Waals surface area contributed by atoms with E-state index in [1.807, 2.05) is 18.2 Å². The largest absolute Gasteiger partial charge is 0.299 e. The lowest BCUT2D eigenvalue weighted by atomic mass is 9.78. The van der Waals surface area contributed by atoms with Gasteiger partial charge in [0, 0.05) is 22.3 Å². The van der Waals surface area contributed by atoms with E-state index < -0.39 is 0 Å². The Morgan fingerprint density at radius 2 is 2.05 bits per heavy atom. The van der Waals surface area contributed by atoms with Crippen molar-refractivity contribution in [2.75, 3.05) is 6.54 Å². The summed E-state index contributed by atoms with van der Waals surface area (Å²) in [5.41, 5.74) is 0.927. The molecule has 0 radical (unpaired) electrons. The fourth-order valence-electron chi connectivity index (χ4n) is 2.77. The molecule has 1 aromatic carbocycles. The number of Topliss-reactive ketones (excluding diaryl/α,β-unsaturated/α-hetero) is 1. The third kappa shape index (κ3) is 4.67. The normalized spacial score (nSPS) is 20.6. The van der Waals surface area contributed by atoms with Crippen molar-refractivity contribution in [3.63, 3.8) is 0 Å². The van der Waals surface area contributed by atoms with Gasteiger partial charge in [-0.25, -0.2) is 0 Å². The minimum atomic E-state index is -0.335. The van der Waals surface area contributed by atoms with Gasteiger partial charge in [-0.3, -0.25) is 14.9 Å². The fraction of sp³-hybridized carbons (Fsp3) is 0.438. The van der Waals surface area contributed by atoms with Gasteiger partial charge < -0.3 is 0 Å². The Morgan fingerprint density at radius 3 is 2.67 bits per heavy atom. The molecule has 0 N–H and O–H groups in total. The second kappa shape index (κ2) is 7.36. The number of ketones is 1. The van der Waals surface area contributed by atoms with Crippen molar-refractivity contribution in [2.45, 2.75) is 25.7 Å². The topological polar surface area (TPSA) is 60.2 Å². The van der Waals surface area contributed by atoms with E-state index in [-0.39, 0.29) is 29.1 Å². The number of halogens is 1. The van der Waals surface area contributed by atoms with E-state index in [2.05, 4.69) is 0 Å². The summed E-state index contributed by atoms with van der Waals surface area (Å²) in [6.45, 7) is -0.194. The predicted octanol–water partition coefficient (Wildman–Crippen LogP) is 4.01. The Balaban J connectivity index is 2.13. The average molecular weight is 308 g/mol. The summed E-state index contributed by atoms with van der Waals surface area (Å²) < 4.78 is 0. The number of carbonyl (C=O) groups is 1. The van der Waals surface area contributed by atoms with Crippen LogP contribution in [0.2, 0.25) is 5.02 Å². The fourth-order valence-corrected chi connectivity index (χ4v) is 2.89. The third-order valence-corrected chi connectivity index (χ3v) is 4.14. The van der Waals surface area contributed by atoms with Crippen molar-refractivity contribution in [3.05, 3.63) is 51.0 Å². The van der Waals surface area contributed by atoms with Crippen molar-refractivity contribution < 1.29 is 9.72 Å². The first kappa shape index (κ1) is 15.7. The van der Waals surface area contributed by atoms with Gasteiger partial charge in [-0.05, 0) is 30.5 Å². The second-order valence-electron chi connectivity index (χ2n) is 5.41. The number of hydrogen-bond donors (Lipinski definition) is 0. The van der Waals surface area contributed by atoms with E-state index >= 15 is 0 Å². The molecule has 0 saturated heterocycles. The number of carbonyl (C=O) groups excluding carboxylic acids is 1. The standard InChI is InChI=1S/C16H18ClNO3/c17-14-9-6-12(7-10-14)5-8-13(11-18(20)21)15-3-1-2-4-16(15)19/h5-10,13,15H,1-4,11H2/b8-5+/t13-,15+/m1/s1. The predicted molar refractivity (Wildman–Crippen MR) is 82.8 cm³/mol. The Morgan fingerprint density at radius 1 is 1.33 bits per heavy atom. The molecule has 1 saturated carbocycles. The van der Waals surface area contributed by atoms with Gasteiger partial charge in [-0.1, -0.05) is 42.3 Å². The molecule has 4 nitrogen and oxygen atoms in total. The molecule has 112 valence electrons. The number of rotatable bonds is 5. The van der Waals surface area contributed by atoms with Gasteiger partial charge in [0.15, 0.2) is 0 Å². The lowest BCUT2D eigenvalue weighted by Gasteiger charge is -2.24. The van der Waals surface area contributed by atoms with Crippen LogP contribution in [0.1, 0.15) is 31.2 Å². The molecule has 0 aliphatic heterocycles. The van der Waals surface area contributed by atoms with Crippen molar-refractivity contribution in [1.29, 1.82) is 0 Å². The molecule has 1 aromatic rings. The van der Waals surface area contributed by atoms with Crippen molar-refractivity contribution in [1.82, 2.24) is 0 Å². The maximum atomic E-state index is 12.0. The minimum absolute atomic E-state index is 0.161. The van der Waals surface area contributed by atoms with E-state index in [1.54, 1.807) is 18.2 Å². The van der Waals surface area contributed by atoms with Gasteiger partial charge in [-0.2, -0.15) is 0 Å². The van der Waals surface area contributed by atoms with Crippen LogP contribution < -0.4 is 0 Å². The quantitative estimate of drug-likeness (QED) is 0.610. The van der Waals surface area contributed by atoms with Crippen LogP contribution in [0.4, 0.5) is 0 Å². The number of nitro groups is 1. The first-order valence-corrected chi connectivity index (χ1v) is 7.52. The summed E-state index contributed by atoms with van der Waals surface area (Å²) in [5.74, 6) is -0.384. The average Bonchev–Trinajstić information content (AvgIpc) is 2.45. The molecule has 2 rings (SSSR count). The summed E-state index contributed by atoms with van der Waals surface area (Å²) in [6, 6.07) is 7.25. The molecule has 2 atom stereocenters. The zero-order valence-corrected chi connectivity index (χ0v) is 12.5. The maximum absolute atomic E-state index is 12.0. The Labute approximate surface area is 129 Å². The molecule has 1 fully saturated rings. The third-order valence-electron chi connectivity index (χ3n) is 3.88. The molecule has 0 heterocycles. The van der Waals surface area contributed by atoms with Crippen molar-refractivity contribution in [3.8, 4) is 0 Å². The molecule has 1 aliphatic carbocycles. The van der Waals surface area contributed by atoms with Gasteiger partial charge >= 0.3 is 0 Å². The zero-order chi connectivity index (χ0) is 15.2. The highest BCUT2D eigenvalue weighted by Gasteiger charge is 2.31. The Kier molecular flexibility index (Phi) is 5.51. The first-order valence-electron chi connectivity index (χ1n) is 7.14. The van der Waals surface area contributed by atoms with Crippen LogP contribution in [0.15, 0.2) is 30.3 Å². The van der Waals surface area contributed by atoms with Gasteiger partial charge in [0.05, 0.1) is 5.92 Å². The maximum Gasteiger partial charge on any atom is 0.210 e. The Bertz CT molecular complexity index is 539. The van der Waals surface area contributed by atoms with E-state index in [1.165, 1.54) is 0 Å². The zero-order valence-electron chi connectivity index (χ0n) is 11.7. The van der Waals surface area contributed by atoms with Gasteiger partial charge in [0.2, 0.25) is 6.54 Å². The van der Waals surface area contributed by atoms with Crippen LogP contribution in [-0.4, -0.2) is 17.3 Å². The smallest absolute Gasteiger partial charge is 0.210 e. The first-order chi connectivity index (χ1) is 10.1. The van der Waals surface area contributed by atoms with Crippen LogP contribution in [0.3, 0.4) is 0 Å². The molecule has 5 heteroatoms. The van der Waals surface area contributed by atoms with Crippen LogP contribution >= 0.6 is 11.6 Å². The van der Waals surface area contributed by atoms with E-state index in [0.717, 1.165) is 24.8 Å². The van der Waals surface area contributed by atoms with Crippen molar-refractivity contribution >= 4 is 23.5 Å². The highest BCUT2D eigenvalue weighted by Crippen LogP contribution is 2.29. The summed E-state index contributed by atoms with van der Waals surface area (Å²) in [4.78, 5) is 22.5. The van der Waals surface area contributed by atoms with E-state index in [9.17, 15) is 14.9 Å². The van der Waals surface area contributed by atoms with E-state index in [0.29, 0.717) is 11.4 Å². The summed E-state index contributed by atoms with van der Waals surface area (Å²) in [7, 11) is 0. The molecule has 0 aromatic heterocycles. The number of hydrogen-bond acceptors (Lipinski definition) is 3. The molecular weight excluding hydrogens is 290 g/mol. The molecule has 0 amide bonds. The summed E-state index contributed by atoms with van der Waals surface area (Å²) >= 11 is 5.83. The Hall–Kier alpha value is -1.68. The van der Waals surface area contributed by atoms with Gasteiger partial charge in [-0.15, -0.1) is 0 Å². The second-order valence-corrected chi connectivity index (χ2v) is 5.84.